The number of amides is 1. The summed E-state index contributed by atoms with van der Waals surface area (Å²) in [4.78, 5) is 20.5. The van der Waals surface area contributed by atoms with E-state index in [2.05, 4.69) is 48.6 Å². The smallest absolute Gasteiger partial charge is 0.434 e. The summed E-state index contributed by atoms with van der Waals surface area (Å²) < 4.78 is 38.0. The van der Waals surface area contributed by atoms with E-state index < -0.39 is 20.2 Å². The van der Waals surface area contributed by atoms with E-state index in [9.17, 15) is 4.79 Å². The molecule has 0 aromatic heterocycles. The fraction of sp³-hybridized carbons (Fsp3) is 0.429. The Morgan fingerprint density at radius 2 is 1.79 bits per heavy atom. The van der Waals surface area contributed by atoms with Gasteiger partial charge in [0.05, 0.1) is 38.1 Å². The fourth-order valence-electron chi connectivity index (χ4n) is 3.04. The average molecular weight is 574 g/mol. The number of hydrogen-bond donors (Lipinski definition) is 0. The molecule has 2 aromatic carbocycles. The summed E-state index contributed by atoms with van der Waals surface area (Å²) in [6.07, 6.45) is 1.41. The molecule has 0 saturated heterocycles. The van der Waals surface area contributed by atoms with E-state index >= 15 is 4.39 Å². The first-order valence-corrected chi connectivity index (χ1v) is 16.4. The second-order valence-corrected chi connectivity index (χ2v) is 15.6. The number of nitriles is 1. The Kier molecular flexibility index (Phi) is 11.7. The number of carbonyl (C=O) groups is 1. The number of hydrogen-bond acceptors (Lipinski definition) is 8. The molecular formula is C28H36FN3O5SSi. The third-order valence-electron chi connectivity index (χ3n) is 6.32. The van der Waals surface area contributed by atoms with Crippen LogP contribution in [-0.4, -0.2) is 58.9 Å². The first-order chi connectivity index (χ1) is 18.4. The Hall–Kier alpha value is -3.20. The third-order valence-corrected chi connectivity index (χ3v) is 11.5. The second-order valence-electron chi connectivity index (χ2n) is 10.0. The van der Waals surface area contributed by atoms with Crippen molar-refractivity contribution in [3.63, 3.8) is 0 Å². The molecule has 0 fully saturated rings. The van der Waals surface area contributed by atoms with Crippen LogP contribution in [-0.2, 0) is 9.16 Å². The summed E-state index contributed by atoms with van der Waals surface area (Å²) in [5.41, 5.74) is 0.996. The lowest BCUT2D eigenvalue weighted by Crippen LogP contribution is -2.41. The van der Waals surface area contributed by atoms with E-state index in [0.717, 1.165) is 11.8 Å². The van der Waals surface area contributed by atoms with Gasteiger partial charge < -0.3 is 18.6 Å². The molecule has 210 valence electrons. The minimum Gasteiger partial charge on any atom is -0.497 e. The number of ether oxygens (including phenoxy) is 3. The minimum absolute atomic E-state index is 0.0253. The van der Waals surface area contributed by atoms with Crippen molar-refractivity contribution in [2.45, 2.75) is 45.3 Å². The molecule has 2 aromatic rings. The molecule has 0 N–H and O–H groups in total. The van der Waals surface area contributed by atoms with Gasteiger partial charge in [0.25, 0.3) is 0 Å². The Balaban J connectivity index is 2.46. The molecule has 0 atom stereocenters. The lowest BCUT2D eigenvalue weighted by atomic mass is 10.1. The standard InChI is InChI=1S/C28H36FN3O5SSi/c1-28(2,3)39(7,8)37-15-9-14-36-23-17-21(34-4)16-22(24(23)29)25(26(38-6)32-27(33)35-5)31-20-12-10-19(18-30)11-13-20/h10-13,16-17H,9,14-15H2,1-8H3/b31-25?,32-26-. The first-order valence-electron chi connectivity index (χ1n) is 12.3. The highest BCUT2D eigenvalue weighted by Crippen LogP contribution is 2.36. The number of thioether (sulfide) groups is 1. The predicted octanol–water partition coefficient (Wildman–Crippen LogP) is 7.15. The highest BCUT2D eigenvalue weighted by atomic mass is 32.2. The maximum absolute atomic E-state index is 15.9. The monoisotopic (exact) mass is 573 g/mol. The normalized spacial score (nSPS) is 12.6. The summed E-state index contributed by atoms with van der Waals surface area (Å²) in [5, 5.41) is 9.32. The number of nitrogens with zero attached hydrogens (tertiary/aromatic N) is 3. The fourth-order valence-corrected chi connectivity index (χ4v) is 4.64. The van der Waals surface area contributed by atoms with Crippen molar-refractivity contribution in [1.29, 1.82) is 5.26 Å². The Labute approximate surface area is 235 Å². The molecule has 8 nitrogen and oxygen atoms in total. The molecule has 1 amide bonds. The Bertz CT molecular complexity index is 1250. The molecule has 0 saturated carbocycles. The summed E-state index contributed by atoms with van der Waals surface area (Å²) in [6, 6.07) is 11.4. The summed E-state index contributed by atoms with van der Waals surface area (Å²) in [7, 11) is 0.767. The van der Waals surface area contributed by atoms with E-state index in [-0.39, 0.29) is 33.7 Å². The van der Waals surface area contributed by atoms with Gasteiger partial charge in [0, 0.05) is 24.7 Å². The molecular weight excluding hydrogens is 537 g/mol. The van der Waals surface area contributed by atoms with Gasteiger partial charge in [0.15, 0.2) is 19.9 Å². The number of aliphatic imine (C=N–C) groups is 2. The summed E-state index contributed by atoms with van der Waals surface area (Å²) in [5.74, 6) is -0.368. The van der Waals surface area contributed by atoms with E-state index in [0.29, 0.717) is 30.0 Å². The predicted molar refractivity (Wildman–Crippen MR) is 157 cm³/mol. The van der Waals surface area contributed by atoms with Crippen LogP contribution in [0.1, 0.15) is 38.3 Å². The maximum atomic E-state index is 15.9. The van der Waals surface area contributed by atoms with Gasteiger partial charge in [-0.15, -0.1) is 11.8 Å². The van der Waals surface area contributed by atoms with E-state index in [1.165, 1.54) is 26.4 Å². The topological polar surface area (TPSA) is 103 Å². The molecule has 0 spiro atoms. The zero-order valence-electron chi connectivity index (χ0n) is 23.8. The van der Waals surface area contributed by atoms with Crippen LogP contribution < -0.4 is 9.47 Å². The van der Waals surface area contributed by atoms with Crippen LogP contribution in [0.5, 0.6) is 11.5 Å². The van der Waals surface area contributed by atoms with Crippen molar-refractivity contribution < 1.29 is 27.8 Å². The molecule has 0 aliphatic carbocycles. The molecule has 39 heavy (non-hydrogen) atoms. The molecule has 11 heteroatoms. The van der Waals surface area contributed by atoms with Gasteiger partial charge in [-0.25, -0.2) is 14.2 Å². The van der Waals surface area contributed by atoms with Crippen LogP contribution in [0.25, 0.3) is 0 Å². The van der Waals surface area contributed by atoms with Crippen molar-refractivity contribution in [2.75, 3.05) is 33.7 Å². The molecule has 2 rings (SSSR count). The number of methoxy groups -OCH3 is 2. The largest absolute Gasteiger partial charge is 0.497 e. The number of rotatable bonds is 10. The summed E-state index contributed by atoms with van der Waals surface area (Å²) >= 11 is 1.11. The van der Waals surface area contributed by atoms with Gasteiger partial charge in [-0.3, -0.25) is 0 Å². The van der Waals surface area contributed by atoms with Crippen LogP contribution in [0.4, 0.5) is 14.9 Å². The van der Waals surface area contributed by atoms with Crippen molar-refractivity contribution >= 4 is 42.6 Å². The van der Waals surface area contributed by atoms with Crippen molar-refractivity contribution in [1.82, 2.24) is 0 Å². The van der Waals surface area contributed by atoms with E-state index in [1.807, 2.05) is 6.07 Å². The van der Waals surface area contributed by atoms with Gasteiger partial charge >= 0.3 is 6.09 Å². The van der Waals surface area contributed by atoms with Crippen LogP contribution in [0, 0.1) is 17.1 Å². The SMILES string of the molecule is COC(=O)/N=C(\SC)C(=Nc1ccc(C#N)cc1)c1cc(OC)cc(OCCCO[Si](C)(C)C(C)(C)C)c1F. The van der Waals surface area contributed by atoms with Crippen molar-refractivity contribution in [2.24, 2.45) is 9.98 Å². The lowest BCUT2D eigenvalue weighted by Gasteiger charge is -2.36. The van der Waals surface area contributed by atoms with Crippen LogP contribution >= 0.6 is 11.8 Å². The third kappa shape index (κ3) is 8.91. The molecule has 0 radical (unpaired) electrons. The minimum atomic E-state index is -1.90. The number of halogens is 1. The zero-order valence-corrected chi connectivity index (χ0v) is 25.6. The molecule has 0 bridgehead atoms. The van der Waals surface area contributed by atoms with Gasteiger partial charge in [0.2, 0.25) is 0 Å². The van der Waals surface area contributed by atoms with Gasteiger partial charge in [-0.2, -0.15) is 10.3 Å². The first kappa shape index (κ1) is 32.0. The second kappa shape index (κ2) is 14.3. The quantitative estimate of drug-likeness (QED) is 0.129. The van der Waals surface area contributed by atoms with E-state index in [1.54, 1.807) is 30.5 Å². The van der Waals surface area contributed by atoms with Crippen molar-refractivity contribution in [3.05, 3.63) is 53.3 Å². The maximum Gasteiger partial charge on any atom is 0.434 e. The van der Waals surface area contributed by atoms with Crippen molar-refractivity contribution in [3.8, 4) is 17.6 Å². The molecule has 0 unspecified atom stereocenters. The highest BCUT2D eigenvalue weighted by Gasteiger charge is 2.36. The van der Waals surface area contributed by atoms with E-state index in [4.69, 9.17) is 19.2 Å². The van der Waals surface area contributed by atoms with Gasteiger partial charge in [-0.05, 0) is 54.7 Å². The zero-order chi connectivity index (χ0) is 29.2. The van der Waals surface area contributed by atoms with Crippen LogP contribution in [0.2, 0.25) is 18.1 Å². The molecule has 0 aliphatic rings. The Morgan fingerprint density at radius 3 is 2.33 bits per heavy atom. The highest BCUT2D eigenvalue weighted by molar-refractivity contribution is 8.15. The summed E-state index contributed by atoms with van der Waals surface area (Å²) in [6.45, 7) is 11.6. The molecule has 0 heterocycles. The van der Waals surface area contributed by atoms with Gasteiger partial charge in [-0.1, -0.05) is 20.8 Å². The number of benzene rings is 2. The Morgan fingerprint density at radius 1 is 1.13 bits per heavy atom. The van der Waals surface area contributed by atoms with Crippen LogP contribution in [0.15, 0.2) is 46.4 Å². The van der Waals surface area contributed by atoms with Gasteiger partial charge in [0.1, 0.15) is 16.5 Å². The lowest BCUT2D eigenvalue weighted by molar-refractivity contribution is 0.183. The molecule has 0 aliphatic heterocycles. The van der Waals surface area contributed by atoms with Crippen LogP contribution in [0.3, 0.4) is 0 Å². The number of carbonyl (C=O) groups excluding carboxylic acids is 1. The average Bonchev–Trinajstić information content (AvgIpc) is 2.90.